The van der Waals surface area contributed by atoms with Gasteiger partial charge >= 0.3 is 0 Å². The molecular weight excluding hydrogens is 256 g/mol. The van der Waals surface area contributed by atoms with Gasteiger partial charge in [-0.2, -0.15) is 0 Å². The largest absolute Gasteiger partial charge is 0.393 e. The molecule has 0 aliphatic carbocycles. The molecule has 1 atom stereocenters. The van der Waals surface area contributed by atoms with Crippen LogP contribution in [0.25, 0.3) is 0 Å². The Labute approximate surface area is 132 Å². The first-order valence-electron chi connectivity index (χ1n) is 8.94. The lowest BCUT2D eigenvalue weighted by Crippen LogP contribution is -2.03. The van der Waals surface area contributed by atoms with E-state index in [1.54, 1.807) is 0 Å². The first-order chi connectivity index (χ1) is 10.3. The third-order valence-electron chi connectivity index (χ3n) is 3.55. The van der Waals surface area contributed by atoms with E-state index in [9.17, 15) is 5.11 Å². The molecule has 0 radical (unpaired) electrons. The van der Waals surface area contributed by atoms with Crippen molar-refractivity contribution < 1.29 is 5.11 Å². The van der Waals surface area contributed by atoms with Crippen LogP contribution in [0.5, 0.6) is 0 Å². The van der Waals surface area contributed by atoms with Crippen molar-refractivity contribution in [3.05, 3.63) is 36.5 Å². The maximum atomic E-state index is 9.85. The summed E-state index contributed by atoms with van der Waals surface area (Å²) in [6.45, 7) is 4.45. The zero-order chi connectivity index (χ0) is 15.6. The van der Waals surface area contributed by atoms with Crippen molar-refractivity contribution in [1.29, 1.82) is 0 Å². The Morgan fingerprint density at radius 3 is 2.05 bits per heavy atom. The Kier molecular flexibility index (Phi) is 16.6. The molecule has 0 fully saturated rings. The van der Waals surface area contributed by atoms with Gasteiger partial charge < -0.3 is 5.11 Å². The second kappa shape index (κ2) is 17.2. The Hall–Kier alpha value is -0.820. The van der Waals surface area contributed by atoms with Crippen LogP contribution in [0.15, 0.2) is 36.5 Å². The summed E-state index contributed by atoms with van der Waals surface area (Å²) in [6, 6.07) is 0. The van der Waals surface area contributed by atoms with Crippen molar-refractivity contribution in [2.24, 2.45) is 0 Å². The van der Waals surface area contributed by atoms with Crippen LogP contribution < -0.4 is 0 Å². The number of hydrogen-bond donors (Lipinski definition) is 1. The normalized spacial score (nSPS) is 13.9. The van der Waals surface area contributed by atoms with Gasteiger partial charge in [-0.25, -0.2) is 0 Å². The third kappa shape index (κ3) is 17.1. The molecule has 0 unspecified atom stereocenters. The zero-order valence-corrected chi connectivity index (χ0v) is 14.3. The van der Waals surface area contributed by atoms with Crippen molar-refractivity contribution in [1.82, 2.24) is 0 Å². The van der Waals surface area contributed by atoms with Gasteiger partial charge in [0, 0.05) is 0 Å². The minimum atomic E-state index is -0.183. The molecule has 1 heteroatoms. The highest BCUT2D eigenvalue weighted by Crippen LogP contribution is 2.06. The summed E-state index contributed by atoms with van der Waals surface area (Å²) < 4.78 is 0. The van der Waals surface area contributed by atoms with E-state index < -0.39 is 0 Å². The fourth-order valence-electron chi connectivity index (χ4n) is 2.12. The van der Waals surface area contributed by atoms with E-state index >= 15 is 0 Å². The predicted molar refractivity (Wildman–Crippen MR) is 95.6 cm³/mol. The maximum Gasteiger partial charge on any atom is 0.0577 e. The van der Waals surface area contributed by atoms with Gasteiger partial charge in [0.1, 0.15) is 0 Å². The molecule has 0 saturated heterocycles. The van der Waals surface area contributed by atoms with Crippen LogP contribution in [0.1, 0.15) is 84.5 Å². The summed E-state index contributed by atoms with van der Waals surface area (Å²) in [6.07, 6.45) is 25.5. The first kappa shape index (κ1) is 20.2. The lowest BCUT2D eigenvalue weighted by Gasteiger charge is -2.05. The molecular formula is C20H36O. The van der Waals surface area contributed by atoms with Crippen molar-refractivity contribution in [2.75, 3.05) is 0 Å². The van der Waals surface area contributed by atoms with Gasteiger partial charge in [-0.05, 0) is 44.9 Å². The molecule has 122 valence electrons. The topological polar surface area (TPSA) is 20.2 Å². The number of allylic oxidation sites excluding steroid dienone is 5. The van der Waals surface area contributed by atoms with Crippen LogP contribution in [-0.4, -0.2) is 11.2 Å². The molecule has 0 rings (SSSR count). The average Bonchev–Trinajstić information content (AvgIpc) is 2.49. The summed E-state index contributed by atoms with van der Waals surface area (Å²) in [5, 5.41) is 9.85. The Morgan fingerprint density at radius 2 is 1.33 bits per heavy atom. The van der Waals surface area contributed by atoms with Crippen LogP contribution in [-0.2, 0) is 0 Å². The first-order valence-corrected chi connectivity index (χ1v) is 8.94. The molecule has 0 aromatic rings. The molecule has 21 heavy (non-hydrogen) atoms. The summed E-state index contributed by atoms with van der Waals surface area (Å²) >= 11 is 0. The molecule has 0 saturated carbocycles. The summed E-state index contributed by atoms with van der Waals surface area (Å²) in [5.74, 6) is 0. The van der Waals surface area contributed by atoms with Crippen molar-refractivity contribution in [3.63, 3.8) is 0 Å². The predicted octanol–water partition coefficient (Wildman–Crippen LogP) is 6.35. The zero-order valence-electron chi connectivity index (χ0n) is 14.3. The van der Waals surface area contributed by atoms with Gasteiger partial charge in [-0.3, -0.25) is 0 Å². The molecule has 0 spiro atoms. The second-order valence-corrected chi connectivity index (χ2v) is 5.75. The Bertz CT molecular complexity index is 276. The number of aliphatic hydroxyl groups excluding tert-OH is 1. The second-order valence-electron chi connectivity index (χ2n) is 5.75. The molecule has 0 amide bonds. The van der Waals surface area contributed by atoms with Gasteiger partial charge in [0.05, 0.1) is 6.10 Å². The van der Waals surface area contributed by atoms with E-state index in [2.05, 4.69) is 50.3 Å². The van der Waals surface area contributed by atoms with Gasteiger partial charge in [-0.1, -0.05) is 76.0 Å². The summed E-state index contributed by atoms with van der Waals surface area (Å²) in [5.41, 5.74) is 0. The van der Waals surface area contributed by atoms with Crippen LogP contribution in [0.2, 0.25) is 0 Å². The number of rotatable bonds is 14. The van der Waals surface area contributed by atoms with E-state index in [0.29, 0.717) is 0 Å². The molecule has 0 aromatic carbocycles. The van der Waals surface area contributed by atoms with Crippen molar-refractivity contribution in [3.8, 4) is 0 Å². The van der Waals surface area contributed by atoms with Crippen molar-refractivity contribution >= 4 is 0 Å². The van der Waals surface area contributed by atoms with E-state index in [1.165, 1.54) is 38.5 Å². The Morgan fingerprint density at radius 1 is 0.714 bits per heavy atom. The number of unbranched alkanes of at least 4 members (excludes halogenated alkanes) is 5. The van der Waals surface area contributed by atoms with Gasteiger partial charge in [0.15, 0.2) is 0 Å². The fraction of sp³-hybridized carbons (Fsp3) is 0.700. The Balaban J connectivity index is 3.43. The SMILES string of the molecule is CCCC/C=C\C/C=C\CC[C@H](O)C/C=C\CCCCC. The van der Waals surface area contributed by atoms with E-state index in [4.69, 9.17) is 0 Å². The quantitative estimate of drug-likeness (QED) is 0.292. The maximum absolute atomic E-state index is 9.85. The van der Waals surface area contributed by atoms with E-state index in [-0.39, 0.29) is 6.10 Å². The minimum Gasteiger partial charge on any atom is -0.393 e. The van der Waals surface area contributed by atoms with E-state index in [0.717, 1.165) is 32.1 Å². The van der Waals surface area contributed by atoms with Crippen LogP contribution in [0.3, 0.4) is 0 Å². The van der Waals surface area contributed by atoms with Gasteiger partial charge in [-0.15, -0.1) is 0 Å². The van der Waals surface area contributed by atoms with Crippen LogP contribution in [0.4, 0.5) is 0 Å². The highest BCUT2D eigenvalue weighted by molar-refractivity contribution is 4.93. The van der Waals surface area contributed by atoms with Crippen molar-refractivity contribution in [2.45, 2.75) is 90.6 Å². The number of hydrogen-bond acceptors (Lipinski definition) is 1. The third-order valence-corrected chi connectivity index (χ3v) is 3.55. The summed E-state index contributed by atoms with van der Waals surface area (Å²) in [4.78, 5) is 0. The molecule has 0 heterocycles. The minimum absolute atomic E-state index is 0.183. The number of aliphatic hydroxyl groups is 1. The summed E-state index contributed by atoms with van der Waals surface area (Å²) in [7, 11) is 0. The fourth-order valence-corrected chi connectivity index (χ4v) is 2.12. The molecule has 0 aliphatic heterocycles. The highest BCUT2D eigenvalue weighted by atomic mass is 16.3. The average molecular weight is 293 g/mol. The molecule has 1 N–H and O–H groups in total. The van der Waals surface area contributed by atoms with Gasteiger partial charge in [0.2, 0.25) is 0 Å². The molecule has 0 aromatic heterocycles. The standard InChI is InChI=1S/C20H36O/c1-3-5-7-9-11-12-13-15-17-19-20(21)18-16-14-10-8-6-4-2/h9,11,13-16,20-21H,3-8,10,12,17-19H2,1-2H3/b11-9-,15-13-,16-14-/t20-/m1/s1. The van der Waals surface area contributed by atoms with E-state index in [1.807, 2.05) is 0 Å². The highest BCUT2D eigenvalue weighted by Gasteiger charge is 1.98. The molecule has 0 bridgehead atoms. The molecule has 1 nitrogen and oxygen atoms in total. The smallest absolute Gasteiger partial charge is 0.0577 e. The lowest BCUT2D eigenvalue weighted by molar-refractivity contribution is 0.169. The van der Waals surface area contributed by atoms with Gasteiger partial charge in [0.25, 0.3) is 0 Å². The monoisotopic (exact) mass is 292 g/mol. The molecule has 0 aliphatic rings. The van der Waals surface area contributed by atoms with Crippen LogP contribution in [0, 0.1) is 0 Å². The lowest BCUT2D eigenvalue weighted by atomic mass is 10.1. The van der Waals surface area contributed by atoms with Crippen LogP contribution >= 0.6 is 0 Å².